The van der Waals surface area contributed by atoms with E-state index in [-0.39, 0.29) is 29.0 Å². The predicted octanol–water partition coefficient (Wildman–Crippen LogP) is 4.27. The van der Waals surface area contributed by atoms with E-state index >= 15 is 0 Å². The minimum atomic E-state index is -0.205. The number of nitrogens with zero attached hydrogens (tertiary/aromatic N) is 4. The molecule has 0 bridgehead atoms. The SMILES string of the molecule is CCCn1c(=O)c2ccc(C(=O)NC(C)CC)cc2n2c(SCC(=O)c3ccc(C)cc3)nnc12. The van der Waals surface area contributed by atoms with Crippen LogP contribution in [-0.2, 0) is 6.54 Å². The lowest BCUT2D eigenvalue weighted by Gasteiger charge is -2.13. The number of hydrogen-bond donors (Lipinski definition) is 1. The number of rotatable bonds is 9. The molecule has 0 radical (unpaired) electrons. The summed E-state index contributed by atoms with van der Waals surface area (Å²) in [5.74, 6) is 0.344. The van der Waals surface area contributed by atoms with Gasteiger partial charge in [-0.05, 0) is 44.9 Å². The maximum atomic E-state index is 13.2. The monoisotopic (exact) mass is 491 g/mol. The minimum Gasteiger partial charge on any atom is -0.350 e. The Hall–Kier alpha value is -3.46. The van der Waals surface area contributed by atoms with Gasteiger partial charge in [-0.1, -0.05) is 55.4 Å². The van der Waals surface area contributed by atoms with E-state index in [2.05, 4.69) is 15.5 Å². The molecule has 182 valence electrons. The van der Waals surface area contributed by atoms with Gasteiger partial charge in [-0.25, -0.2) is 0 Å². The first-order valence-corrected chi connectivity index (χ1v) is 12.8. The first-order chi connectivity index (χ1) is 16.8. The highest BCUT2D eigenvalue weighted by molar-refractivity contribution is 7.99. The number of nitrogens with one attached hydrogen (secondary N) is 1. The Morgan fingerprint density at radius 2 is 1.77 bits per heavy atom. The van der Waals surface area contributed by atoms with Gasteiger partial charge in [0, 0.05) is 23.7 Å². The van der Waals surface area contributed by atoms with Crippen LogP contribution in [0.4, 0.5) is 0 Å². The van der Waals surface area contributed by atoms with E-state index in [1.807, 2.05) is 52.0 Å². The molecule has 35 heavy (non-hydrogen) atoms. The molecule has 0 saturated carbocycles. The van der Waals surface area contributed by atoms with E-state index in [0.29, 0.717) is 39.5 Å². The molecule has 0 spiro atoms. The number of Topliss-reactive ketones (excluding diaryl/α,β-unsaturated/α-hetero) is 1. The Morgan fingerprint density at radius 1 is 1.06 bits per heavy atom. The van der Waals surface area contributed by atoms with Crippen LogP contribution in [0.3, 0.4) is 0 Å². The second-order valence-electron chi connectivity index (χ2n) is 8.67. The van der Waals surface area contributed by atoms with E-state index < -0.39 is 0 Å². The number of hydrogen-bond acceptors (Lipinski definition) is 6. The van der Waals surface area contributed by atoms with Crippen molar-refractivity contribution in [1.29, 1.82) is 0 Å². The average Bonchev–Trinajstić information content (AvgIpc) is 3.29. The van der Waals surface area contributed by atoms with Crippen molar-refractivity contribution in [1.82, 2.24) is 24.5 Å². The molecule has 1 atom stereocenters. The number of fused-ring (bicyclic) bond motifs is 3. The molecular weight excluding hydrogens is 462 g/mol. The molecule has 1 amide bonds. The molecule has 0 aliphatic carbocycles. The van der Waals surface area contributed by atoms with Crippen molar-refractivity contribution in [3.63, 3.8) is 0 Å². The lowest BCUT2D eigenvalue weighted by molar-refractivity contribution is 0.0938. The third kappa shape index (κ3) is 5.00. The molecule has 1 unspecified atom stereocenters. The fraction of sp³-hybridized carbons (Fsp3) is 0.346. The highest BCUT2D eigenvalue weighted by atomic mass is 32.2. The predicted molar refractivity (Wildman–Crippen MR) is 138 cm³/mol. The molecule has 0 saturated heterocycles. The van der Waals surface area contributed by atoms with Crippen molar-refractivity contribution in [2.45, 2.75) is 58.3 Å². The van der Waals surface area contributed by atoms with Crippen molar-refractivity contribution in [2.75, 3.05) is 5.75 Å². The van der Waals surface area contributed by atoms with Crippen molar-refractivity contribution >= 4 is 40.1 Å². The summed E-state index contributed by atoms with van der Waals surface area (Å²) in [6.07, 6.45) is 1.56. The Kier molecular flexibility index (Phi) is 7.35. The molecule has 2 aromatic carbocycles. The molecular formula is C26H29N5O3S. The highest BCUT2D eigenvalue weighted by Crippen LogP contribution is 2.24. The standard InChI is InChI=1S/C26H29N5O3S/c1-5-13-30-24(34)20-12-11-19(23(33)27-17(4)6-2)14-21(20)31-25(30)28-29-26(31)35-15-22(32)18-9-7-16(3)8-10-18/h7-12,14,17H,5-6,13,15H2,1-4H3,(H,27,33). The van der Waals surface area contributed by atoms with Crippen molar-refractivity contribution in [3.8, 4) is 0 Å². The van der Waals surface area contributed by atoms with Gasteiger partial charge >= 0.3 is 0 Å². The average molecular weight is 492 g/mol. The van der Waals surface area contributed by atoms with Gasteiger partial charge in [-0.3, -0.25) is 23.4 Å². The van der Waals surface area contributed by atoms with E-state index in [1.165, 1.54) is 11.8 Å². The largest absolute Gasteiger partial charge is 0.350 e. The summed E-state index contributed by atoms with van der Waals surface area (Å²) in [5.41, 5.74) is 2.54. The summed E-state index contributed by atoms with van der Waals surface area (Å²) in [7, 11) is 0. The van der Waals surface area contributed by atoms with Crippen molar-refractivity contribution in [2.24, 2.45) is 0 Å². The van der Waals surface area contributed by atoms with E-state index in [0.717, 1.165) is 18.4 Å². The van der Waals surface area contributed by atoms with Gasteiger partial charge < -0.3 is 5.32 Å². The molecule has 4 rings (SSSR count). The van der Waals surface area contributed by atoms with Gasteiger partial charge in [0.1, 0.15) is 0 Å². The third-order valence-electron chi connectivity index (χ3n) is 5.98. The van der Waals surface area contributed by atoms with Crippen molar-refractivity contribution < 1.29 is 9.59 Å². The fourth-order valence-corrected chi connectivity index (χ4v) is 4.64. The van der Waals surface area contributed by atoms with Crippen LogP contribution in [0.15, 0.2) is 52.4 Å². The molecule has 1 N–H and O–H groups in total. The Bertz CT molecular complexity index is 1460. The lowest BCUT2D eigenvalue weighted by atomic mass is 10.1. The maximum Gasteiger partial charge on any atom is 0.262 e. The van der Waals surface area contributed by atoms with Gasteiger partial charge in [0.05, 0.1) is 16.7 Å². The van der Waals surface area contributed by atoms with Crippen LogP contribution < -0.4 is 10.9 Å². The molecule has 4 aromatic rings. The number of aromatic nitrogens is 4. The summed E-state index contributed by atoms with van der Waals surface area (Å²) in [4.78, 5) is 38.8. The molecule has 8 nitrogen and oxygen atoms in total. The van der Waals surface area contributed by atoms with Crippen LogP contribution in [0.25, 0.3) is 16.7 Å². The number of carbonyl (C=O) groups is 2. The van der Waals surface area contributed by atoms with E-state index in [4.69, 9.17) is 0 Å². The summed E-state index contributed by atoms with van der Waals surface area (Å²) >= 11 is 1.26. The van der Waals surface area contributed by atoms with Crippen LogP contribution >= 0.6 is 11.8 Å². The third-order valence-corrected chi connectivity index (χ3v) is 6.91. The molecule has 0 fully saturated rings. The highest BCUT2D eigenvalue weighted by Gasteiger charge is 2.19. The summed E-state index contributed by atoms with van der Waals surface area (Å²) in [6.45, 7) is 8.40. The first-order valence-electron chi connectivity index (χ1n) is 11.8. The van der Waals surface area contributed by atoms with Crippen LogP contribution in [-0.4, -0.2) is 42.7 Å². The van der Waals surface area contributed by atoms with Gasteiger partial charge in [0.2, 0.25) is 5.78 Å². The Balaban J connectivity index is 1.78. The van der Waals surface area contributed by atoms with Crippen LogP contribution in [0.1, 0.15) is 59.9 Å². The number of ketones is 1. The summed E-state index contributed by atoms with van der Waals surface area (Å²) in [5, 5.41) is 12.5. The smallest absolute Gasteiger partial charge is 0.262 e. The summed E-state index contributed by atoms with van der Waals surface area (Å²) in [6, 6.07) is 12.5. The zero-order chi connectivity index (χ0) is 25.1. The zero-order valence-electron chi connectivity index (χ0n) is 20.4. The summed E-state index contributed by atoms with van der Waals surface area (Å²) < 4.78 is 3.37. The lowest BCUT2D eigenvalue weighted by Crippen LogP contribution is -2.32. The van der Waals surface area contributed by atoms with Crippen LogP contribution in [0.5, 0.6) is 0 Å². The van der Waals surface area contributed by atoms with Crippen LogP contribution in [0.2, 0.25) is 0 Å². The van der Waals surface area contributed by atoms with E-state index in [9.17, 15) is 14.4 Å². The van der Waals surface area contributed by atoms with E-state index in [1.54, 1.807) is 27.2 Å². The maximum absolute atomic E-state index is 13.2. The topological polar surface area (TPSA) is 98.4 Å². The number of aryl methyl sites for hydroxylation is 2. The fourth-order valence-electron chi connectivity index (χ4n) is 3.80. The number of amides is 1. The first kappa shape index (κ1) is 24.7. The molecule has 0 aliphatic rings. The van der Waals surface area contributed by atoms with Crippen LogP contribution in [0, 0.1) is 6.92 Å². The Morgan fingerprint density at radius 3 is 2.46 bits per heavy atom. The number of benzene rings is 2. The number of carbonyl (C=O) groups excluding carboxylic acids is 2. The Labute approximate surface area is 207 Å². The minimum absolute atomic E-state index is 0.0217. The molecule has 0 aliphatic heterocycles. The normalized spacial score (nSPS) is 12.2. The van der Waals surface area contributed by atoms with Crippen molar-refractivity contribution in [3.05, 3.63) is 69.5 Å². The van der Waals surface area contributed by atoms with Gasteiger partial charge in [0.25, 0.3) is 11.5 Å². The van der Waals surface area contributed by atoms with Gasteiger partial charge in [-0.15, -0.1) is 10.2 Å². The quantitative estimate of drug-likeness (QED) is 0.277. The molecule has 2 aromatic heterocycles. The zero-order valence-corrected chi connectivity index (χ0v) is 21.2. The number of thioether (sulfide) groups is 1. The molecule has 9 heteroatoms. The van der Waals surface area contributed by atoms with Gasteiger partial charge in [0.15, 0.2) is 10.9 Å². The van der Waals surface area contributed by atoms with Gasteiger partial charge in [-0.2, -0.15) is 0 Å². The molecule has 2 heterocycles. The second kappa shape index (κ2) is 10.4. The second-order valence-corrected chi connectivity index (χ2v) is 9.61.